The second-order valence-electron chi connectivity index (χ2n) is 11.8. The van der Waals surface area contributed by atoms with Gasteiger partial charge in [0.25, 0.3) is 11.1 Å². The van der Waals surface area contributed by atoms with Gasteiger partial charge in [0.1, 0.15) is 28.0 Å². The Morgan fingerprint density at radius 2 is 1.28 bits per heavy atom. The summed E-state index contributed by atoms with van der Waals surface area (Å²) in [5.41, 5.74) is 0.368. The average Bonchev–Trinajstić information content (AvgIpc) is 3.88. The van der Waals surface area contributed by atoms with Crippen LogP contribution in [0, 0.1) is 0 Å². The van der Waals surface area contributed by atoms with Crippen molar-refractivity contribution in [1.29, 1.82) is 0 Å². The molecule has 1 saturated heterocycles. The normalized spacial score (nSPS) is 13.3. The van der Waals surface area contributed by atoms with E-state index in [1.54, 1.807) is 30.6 Å². The summed E-state index contributed by atoms with van der Waals surface area (Å²) in [6.07, 6.45) is 11.1. The van der Waals surface area contributed by atoms with Crippen molar-refractivity contribution in [3.63, 3.8) is 0 Å². The number of hydrogen-bond acceptors (Lipinski definition) is 17. The fraction of sp³-hybridized carbons (Fsp3) is 0.500. The van der Waals surface area contributed by atoms with Crippen molar-refractivity contribution in [2.45, 2.75) is 66.7 Å². The van der Waals surface area contributed by atoms with Crippen LogP contribution in [0.1, 0.15) is 40.5 Å². The number of ether oxygens (including phenoxy) is 1. The number of nitrogens with zero attached hydrogens (tertiary/aromatic N) is 10. The number of aryl methyl sites for hydroxylation is 1. The summed E-state index contributed by atoms with van der Waals surface area (Å²) in [5.74, 6) is -0.314. The first-order valence-electron chi connectivity index (χ1n) is 17.2. The molecule has 0 aliphatic carbocycles. The van der Waals surface area contributed by atoms with Gasteiger partial charge in [-0.25, -0.2) is 41.2 Å². The predicted molar refractivity (Wildman–Crippen MR) is 207 cm³/mol. The molecule has 1 aliphatic rings. The molecule has 320 valence electrons. The van der Waals surface area contributed by atoms with E-state index in [2.05, 4.69) is 34.0 Å². The Morgan fingerprint density at radius 1 is 0.860 bits per heavy atom. The van der Waals surface area contributed by atoms with Gasteiger partial charge < -0.3 is 24.1 Å². The third-order valence-electron chi connectivity index (χ3n) is 6.91. The van der Waals surface area contributed by atoms with Gasteiger partial charge in [-0.1, -0.05) is 0 Å². The summed E-state index contributed by atoms with van der Waals surface area (Å²) >= 11 is 0. The largest absolute Gasteiger partial charge is 0.726 e. The maximum Gasteiger partial charge on any atom is 0.298 e. The Kier molecular flexibility index (Phi) is 20.4. The summed E-state index contributed by atoms with van der Waals surface area (Å²) in [6, 6.07) is 7.03. The van der Waals surface area contributed by atoms with Gasteiger partial charge in [-0.2, -0.15) is 0 Å². The number of rotatable bonds is 10. The van der Waals surface area contributed by atoms with Crippen LogP contribution in [-0.4, -0.2) is 93.7 Å². The molecule has 0 radical (unpaired) electrons. The molecule has 0 atom stereocenters. The van der Waals surface area contributed by atoms with Gasteiger partial charge in [0.15, 0.2) is 12.4 Å². The van der Waals surface area contributed by atoms with Crippen LogP contribution in [0.5, 0.6) is 11.8 Å². The van der Waals surface area contributed by atoms with Crippen LogP contribution in [0.3, 0.4) is 0 Å². The molecule has 0 spiro atoms. The zero-order valence-corrected chi connectivity index (χ0v) is 34.7. The molecule has 4 N–H and O–H groups in total. The predicted octanol–water partition coefficient (Wildman–Crippen LogP) is 3.67. The van der Waals surface area contributed by atoms with E-state index in [9.17, 15) is 37.0 Å². The van der Waals surface area contributed by atoms with Crippen molar-refractivity contribution >= 4 is 42.8 Å². The van der Waals surface area contributed by atoms with Crippen molar-refractivity contribution in [3.05, 3.63) is 69.8 Å². The Morgan fingerprint density at radius 3 is 1.58 bits per heavy atom. The molecule has 0 saturated carbocycles. The van der Waals surface area contributed by atoms with E-state index in [-0.39, 0.29) is 34.3 Å². The van der Waals surface area contributed by atoms with Crippen molar-refractivity contribution in [2.75, 3.05) is 32.8 Å². The van der Waals surface area contributed by atoms with E-state index < -0.39 is 20.0 Å². The highest BCUT2D eigenvalue weighted by molar-refractivity contribution is 8.09. The quantitative estimate of drug-likeness (QED) is 0.0442. The first-order chi connectivity index (χ1) is 26.6. The number of hydrogen-bond donors (Lipinski definition) is 4. The number of aromatic hydroxyl groups is 2. The SMILES string of the molecule is C1CCOC1.CCn1c(O)c(N=Nc2ccc[n+](C)c2)c(=O)n1CC.CCn1c(O)c(N=Nc2cccnc2)c(=O)n1CC.COS(=O)(=O)[O-].CS(C)(=O)(O)OO. The molecular formula is C32H52N10O13S2. The first kappa shape index (κ1) is 50.0. The lowest BCUT2D eigenvalue weighted by Gasteiger charge is -2.20. The third kappa shape index (κ3) is 17.8. The lowest BCUT2D eigenvalue weighted by atomic mass is 10.4. The van der Waals surface area contributed by atoms with Gasteiger partial charge >= 0.3 is 0 Å². The average molecular weight is 849 g/mol. The van der Waals surface area contributed by atoms with E-state index in [1.807, 2.05) is 51.6 Å². The molecule has 57 heavy (non-hydrogen) atoms. The van der Waals surface area contributed by atoms with Crippen molar-refractivity contribution in [2.24, 2.45) is 27.5 Å². The fourth-order valence-electron chi connectivity index (χ4n) is 4.34. The third-order valence-corrected chi connectivity index (χ3v) is 7.75. The van der Waals surface area contributed by atoms with E-state index in [1.165, 1.54) is 37.8 Å². The van der Waals surface area contributed by atoms with Gasteiger partial charge in [0, 0.05) is 64.2 Å². The maximum atomic E-state index is 12.1. The lowest BCUT2D eigenvalue weighted by Crippen LogP contribution is -2.29. The minimum Gasteiger partial charge on any atom is -0.726 e. The smallest absolute Gasteiger partial charge is 0.298 e. The maximum absolute atomic E-state index is 12.1. The van der Waals surface area contributed by atoms with Gasteiger partial charge in [-0.3, -0.25) is 18.8 Å². The Hall–Kier alpha value is -5.02. The highest BCUT2D eigenvalue weighted by atomic mass is 32.3. The van der Waals surface area contributed by atoms with E-state index >= 15 is 0 Å². The van der Waals surface area contributed by atoms with Crippen LogP contribution in [-0.2, 0) is 66.5 Å². The molecule has 5 heterocycles. The Bertz CT molecular complexity index is 2190. The standard InChI is InChI=1S/C13H17N5O2.C12H15N5O2.C4H8O.C2H8O4S.CH4O4S/c1-4-17-12(19)11(13(20)18(17)5-2)15-14-10-7-6-8-16(3)9-10;1-3-16-11(18)10(12(19)17(16)4-2)15-14-9-6-5-7-13-8-9;1-2-4-5-3-1;1-7(2,4,5)6-3;1-5-6(2,3)4/h6-9H,4-5H2,1-3H3;5-8,18H,3-4H2,1-2H3;1-4H2;3H,1-2H3,(H,4,5);1H3,(H,2,3,4). The molecule has 0 amide bonds. The van der Waals surface area contributed by atoms with Crippen LogP contribution in [0.25, 0.3) is 0 Å². The minimum absolute atomic E-state index is 0.0276. The number of aromatic nitrogens is 6. The van der Waals surface area contributed by atoms with Crippen LogP contribution in [0.2, 0.25) is 0 Å². The van der Waals surface area contributed by atoms with Crippen molar-refractivity contribution in [3.8, 4) is 11.8 Å². The van der Waals surface area contributed by atoms with Crippen LogP contribution >= 0.6 is 0 Å². The van der Waals surface area contributed by atoms with Gasteiger partial charge in [-0.05, 0) is 58.7 Å². The summed E-state index contributed by atoms with van der Waals surface area (Å²) < 4.78 is 65.5. The zero-order valence-electron chi connectivity index (χ0n) is 33.0. The molecule has 4 aromatic rings. The molecule has 0 aromatic carbocycles. The number of azo groups is 2. The summed E-state index contributed by atoms with van der Waals surface area (Å²) in [6.45, 7) is 11.3. The van der Waals surface area contributed by atoms with Gasteiger partial charge in [0.05, 0.1) is 13.3 Å². The second kappa shape index (κ2) is 23.3. The highest BCUT2D eigenvalue weighted by Gasteiger charge is 2.19. The summed E-state index contributed by atoms with van der Waals surface area (Å²) in [4.78, 5) is 28.0. The van der Waals surface area contributed by atoms with Crippen molar-refractivity contribution in [1.82, 2.24) is 23.7 Å². The topological polar surface area (TPSA) is 303 Å². The van der Waals surface area contributed by atoms with Crippen LogP contribution in [0.4, 0.5) is 22.7 Å². The van der Waals surface area contributed by atoms with E-state index in [0.717, 1.165) is 32.8 Å². The molecule has 1 aliphatic heterocycles. The van der Waals surface area contributed by atoms with E-state index in [4.69, 9.17) is 14.5 Å². The lowest BCUT2D eigenvalue weighted by molar-refractivity contribution is -0.670. The fourth-order valence-corrected chi connectivity index (χ4v) is 4.34. The van der Waals surface area contributed by atoms with Crippen LogP contribution in [0.15, 0.2) is 79.1 Å². The monoisotopic (exact) mass is 848 g/mol. The first-order valence-corrected chi connectivity index (χ1v) is 21.2. The second-order valence-corrected chi connectivity index (χ2v) is 16.4. The summed E-state index contributed by atoms with van der Waals surface area (Å²) in [7, 11) is -5.80. The Labute approximate surface area is 329 Å². The minimum atomic E-state index is -4.41. The van der Waals surface area contributed by atoms with E-state index in [0.29, 0.717) is 37.6 Å². The van der Waals surface area contributed by atoms with Crippen molar-refractivity contribution < 1.29 is 55.0 Å². The molecule has 5 rings (SSSR count). The molecule has 0 unspecified atom stereocenters. The molecular weight excluding hydrogens is 797 g/mol. The van der Waals surface area contributed by atoms with Gasteiger partial charge in [-0.15, -0.1) is 24.8 Å². The molecule has 4 aromatic heterocycles. The molecule has 23 nitrogen and oxygen atoms in total. The highest BCUT2D eigenvalue weighted by Crippen LogP contribution is 2.26. The van der Waals surface area contributed by atoms with Gasteiger partial charge in [0.2, 0.25) is 33.5 Å². The molecule has 1 fully saturated rings. The van der Waals surface area contributed by atoms with Crippen LogP contribution < -0.4 is 15.7 Å². The molecule has 25 heteroatoms. The molecule has 0 bridgehead atoms. The number of pyridine rings is 2. The summed E-state index contributed by atoms with van der Waals surface area (Å²) in [5, 5.41) is 43.3. The Balaban J connectivity index is 0.000000401. The zero-order chi connectivity index (χ0) is 43.4.